The molecule has 0 spiro atoms. The lowest BCUT2D eigenvalue weighted by molar-refractivity contribution is 0.234. The average Bonchev–Trinajstić information content (AvgIpc) is 2.26. The number of nitrogens with one attached hydrogen (secondary N) is 2. The van der Waals surface area contributed by atoms with Crippen LogP contribution >= 0.6 is 0 Å². The van der Waals surface area contributed by atoms with Crippen LogP contribution in [0, 0.1) is 0 Å². The van der Waals surface area contributed by atoms with Gasteiger partial charge in [0.1, 0.15) is 5.75 Å². The number of benzene rings is 1. The molecule has 0 heterocycles. The molecule has 0 saturated heterocycles. The first-order valence-corrected chi connectivity index (χ1v) is 6.28. The van der Waals surface area contributed by atoms with Gasteiger partial charge in [0.05, 0.1) is 6.10 Å². The van der Waals surface area contributed by atoms with E-state index in [1.54, 1.807) is 0 Å². The van der Waals surface area contributed by atoms with Gasteiger partial charge >= 0.3 is 6.03 Å². The van der Waals surface area contributed by atoms with Gasteiger partial charge in [0.25, 0.3) is 0 Å². The molecule has 0 aliphatic rings. The van der Waals surface area contributed by atoms with E-state index in [0.717, 1.165) is 11.3 Å². The Balaban J connectivity index is 2.58. The number of hydrogen-bond donors (Lipinski definition) is 2. The second-order valence-corrected chi connectivity index (χ2v) is 4.76. The third-order valence-corrected chi connectivity index (χ3v) is 2.19. The van der Waals surface area contributed by atoms with Gasteiger partial charge in [-0.05, 0) is 33.8 Å². The second-order valence-electron chi connectivity index (χ2n) is 4.76. The zero-order chi connectivity index (χ0) is 13.5. The number of carbonyl (C=O) groups is 1. The Morgan fingerprint density at radius 2 is 1.89 bits per heavy atom. The number of carbonyl (C=O) groups excluding carboxylic acids is 1. The topological polar surface area (TPSA) is 50.4 Å². The molecule has 0 aliphatic carbocycles. The van der Waals surface area contributed by atoms with Crippen molar-refractivity contribution >= 4 is 6.03 Å². The summed E-state index contributed by atoms with van der Waals surface area (Å²) in [6.07, 6.45) is 0.121. The number of rotatable bonds is 5. The Morgan fingerprint density at radius 1 is 1.22 bits per heavy atom. The van der Waals surface area contributed by atoms with Crippen LogP contribution in [0.25, 0.3) is 0 Å². The van der Waals surface area contributed by atoms with Gasteiger partial charge in [0.2, 0.25) is 0 Å². The number of ether oxygens (including phenoxy) is 1. The summed E-state index contributed by atoms with van der Waals surface area (Å²) < 4.78 is 5.69. The molecule has 4 heteroatoms. The molecule has 2 N–H and O–H groups in total. The van der Waals surface area contributed by atoms with Gasteiger partial charge < -0.3 is 15.4 Å². The molecule has 1 rings (SSSR count). The summed E-state index contributed by atoms with van der Waals surface area (Å²) in [5.74, 6) is 0.817. The van der Waals surface area contributed by atoms with Crippen molar-refractivity contribution in [3.63, 3.8) is 0 Å². The van der Waals surface area contributed by atoms with E-state index in [4.69, 9.17) is 4.74 Å². The highest BCUT2D eigenvalue weighted by Gasteiger charge is 2.07. The van der Waals surface area contributed by atoms with E-state index in [-0.39, 0.29) is 18.2 Å². The van der Waals surface area contributed by atoms with Crippen LogP contribution in [0.4, 0.5) is 4.79 Å². The van der Waals surface area contributed by atoms with Gasteiger partial charge in [0, 0.05) is 18.2 Å². The fraction of sp³-hybridized carbons (Fsp3) is 0.500. The number of para-hydroxylation sites is 1. The Hall–Kier alpha value is -1.71. The predicted octanol–water partition coefficient (Wildman–Crippen LogP) is 2.68. The highest BCUT2D eigenvalue weighted by atomic mass is 16.5. The van der Waals surface area contributed by atoms with Crippen LogP contribution in [0.15, 0.2) is 24.3 Å². The van der Waals surface area contributed by atoms with Crippen molar-refractivity contribution in [3.8, 4) is 5.75 Å². The van der Waals surface area contributed by atoms with Crippen molar-refractivity contribution in [3.05, 3.63) is 29.8 Å². The van der Waals surface area contributed by atoms with Crippen LogP contribution in [0.5, 0.6) is 5.75 Å². The summed E-state index contributed by atoms with van der Waals surface area (Å²) in [7, 11) is 0. The van der Waals surface area contributed by atoms with E-state index >= 15 is 0 Å². The first-order chi connectivity index (χ1) is 8.49. The van der Waals surface area contributed by atoms with Crippen LogP contribution in [0.2, 0.25) is 0 Å². The molecule has 2 amide bonds. The monoisotopic (exact) mass is 250 g/mol. The van der Waals surface area contributed by atoms with Crippen LogP contribution in [0.1, 0.15) is 33.3 Å². The number of urea groups is 1. The Bertz CT molecular complexity index is 389. The smallest absolute Gasteiger partial charge is 0.315 e. The number of amides is 2. The summed E-state index contributed by atoms with van der Waals surface area (Å²) in [5.41, 5.74) is 0.977. The Morgan fingerprint density at radius 3 is 2.50 bits per heavy atom. The van der Waals surface area contributed by atoms with E-state index < -0.39 is 0 Å². The summed E-state index contributed by atoms with van der Waals surface area (Å²) in [5, 5.41) is 5.60. The summed E-state index contributed by atoms with van der Waals surface area (Å²) >= 11 is 0. The van der Waals surface area contributed by atoms with Crippen molar-refractivity contribution in [1.82, 2.24) is 10.6 Å². The molecule has 18 heavy (non-hydrogen) atoms. The molecular formula is C14H22N2O2. The first kappa shape index (κ1) is 14.4. The van der Waals surface area contributed by atoms with E-state index in [0.29, 0.717) is 6.54 Å². The normalized spacial score (nSPS) is 10.6. The molecule has 0 aliphatic heterocycles. The maximum Gasteiger partial charge on any atom is 0.315 e. The number of hydrogen-bond acceptors (Lipinski definition) is 2. The maximum atomic E-state index is 11.5. The minimum Gasteiger partial charge on any atom is -0.491 e. The average molecular weight is 250 g/mol. The third-order valence-electron chi connectivity index (χ3n) is 2.19. The highest BCUT2D eigenvalue weighted by Crippen LogP contribution is 2.18. The summed E-state index contributed by atoms with van der Waals surface area (Å²) in [4.78, 5) is 11.5. The quantitative estimate of drug-likeness (QED) is 0.844. The molecular weight excluding hydrogens is 228 g/mol. The SMILES string of the molecule is CC(C)NC(=O)NCc1ccccc1OC(C)C. The van der Waals surface area contributed by atoms with E-state index in [1.807, 2.05) is 52.0 Å². The molecule has 0 fully saturated rings. The van der Waals surface area contributed by atoms with Crippen molar-refractivity contribution in [2.24, 2.45) is 0 Å². The van der Waals surface area contributed by atoms with E-state index in [2.05, 4.69) is 10.6 Å². The fourth-order valence-electron chi connectivity index (χ4n) is 1.51. The van der Waals surface area contributed by atoms with Gasteiger partial charge in [-0.3, -0.25) is 0 Å². The van der Waals surface area contributed by atoms with Gasteiger partial charge in [-0.2, -0.15) is 0 Å². The predicted molar refractivity (Wildman–Crippen MR) is 72.7 cm³/mol. The van der Waals surface area contributed by atoms with Gasteiger partial charge in [-0.15, -0.1) is 0 Å². The first-order valence-electron chi connectivity index (χ1n) is 6.28. The lowest BCUT2D eigenvalue weighted by atomic mass is 10.2. The van der Waals surface area contributed by atoms with Gasteiger partial charge in [-0.25, -0.2) is 4.79 Å². The van der Waals surface area contributed by atoms with Crippen LogP contribution in [0.3, 0.4) is 0 Å². The van der Waals surface area contributed by atoms with Crippen molar-refractivity contribution in [2.45, 2.75) is 46.4 Å². The molecule has 0 unspecified atom stereocenters. The molecule has 0 saturated carbocycles. The minimum atomic E-state index is -0.163. The second kappa shape index (κ2) is 6.89. The van der Waals surface area contributed by atoms with Crippen molar-refractivity contribution in [2.75, 3.05) is 0 Å². The standard InChI is InChI=1S/C14H22N2O2/c1-10(2)16-14(17)15-9-12-7-5-6-8-13(12)18-11(3)4/h5-8,10-11H,9H2,1-4H3,(H2,15,16,17). The molecule has 0 bridgehead atoms. The maximum absolute atomic E-state index is 11.5. The summed E-state index contributed by atoms with van der Waals surface area (Å²) in [6.45, 7) is 8.28. The largest absolute Gasteiger partial charge is 0.491 e. The molecule has 0 aromatic heterocycles. The Kier molecular flexibility index (Phi) is 5.49. The lowest BCUT2D eigenvalue weighted by Gasteiger charge is -2.15. The van der Waals surface area contributed by atoms with E-state index in [1.165, 1.54) is 0 Å². The Labute approximate surface area is 109 Å². The fourth-order valence-corrected chi connectivity index (χ4v) is 1.51. The zero-order valence-corrected chi connectivity index (χ0v) is 11.5. The molecule has 100 valence electrons. The molecule has 4 nitrogen and oxygen atoms in total. The highest BCUT2D eigenvalue weighted by molar-refractivity contribution is 5.74. The van der Waals surface area contributed by atoms with Gasteiger partial charge in [0.15, 0.2) is 0 Å². The van der Waals surface area contributed by atoms with Crippen LogP contribution in [-0.2, 0) is 6.54 Å². The minimum absolute atomic E-state index is 0.121. The van der Waals surface area contributed by atoms with Crippen molar-refractivity contribution in [1.29, 1.82) is 0 Å². The van der Waals surface area contributed by atoms with Gasteiger partial charge in [-0.1, -0.05) is 18.2 Å². The molecule has 1 aromatic carbocycles. The molecule has 1 aromatic rings. The van der Waals surface area contributed by atoms with Crippen LogP contribution < -0.4 is 15.4 Å². The summed E-state index contributed by atoms with van der Waals surface area (Å²) in [6, 6.07) is 7.70. The molecule has 0 radical (unpaired) electrons. The van der Waals surface area contributed by atoms with Crippen LogP contribution in [-0.4, -0.2) is 18.2 Å². The third kappa shape index (κ3) is 5.08. The van der Waals surface area contributed by atoms with E-state index in [9.17, 15) is 4.79 Å². The van der Waals surface area contributed by atoms with Crippen molar-refractivity contribution < 1.29 is 9.53 Å². The zero-order valence-electron chi connectivity index (χ0n) is 11.5. The lowest BCUT2D eigenvalue weighted by Crippen LogP contribution is -2.39. The molecule has 0 atom stereocenters.